The van der Waals surface area contributed by atoms with Gasteiger partial charge in [0, 0.05) is 17.6 Å². The Kier molecular flexibility index (Phi) is 6.12. The maximum absolute atomic E-state index is 13.7. The zero-order chi connectivity index (χ0) is 15.2. The molecule has 1 fully saturated rings. The summed E-state index contributed by atoms with van der Waals surface area (Å²) in [5.74, 6) is -1.62. The van der Waals surface area contributed by atoms with Crippen molar-refractivity contribution < 1.29 is 8.78 Å². The Morgan fingerprint density at radius 3 is 2.52 bits per heavy atom. The molecule has 0 amide bonds. The van der Waals surface area contributed by atoms with E-state index in [0.29, 0.717) is 12.5 Å². The Balaban J connectivity index is 1.88. The predicted molar refractivity (Wildman–Crippen MR) is 82.0 cm³/mol. The van der Waals surface area contributed by atoms with Crippen molar-refractivity contribution in [3.05, 3.63) is 35.4 Å². The second kappa shape index (κ2) is 7.85. The van der Waals surface area contributed by atoms with E-state index in [1.54, 1.807) is 6.07 Å². The molecule has 0 saturated heterocycles. The summed E-state index contributed by atoms with van der Waals surface area (Å²) in [7, 11) is 2.12. The zero-order valence-corrected chi connectivity index (χ0v) is 12.8. The molecule has 2 N–H and O–H groups in total. The summed E-state index contributed by atoms with van der Waals surface area (Å²) >= 11 is 0. The summed E-state index contributed by atoms with van der Waals surface area (Å²) in [6.45, 7) is 0.821. The van der Waals surface area contributed by atoms with E-state index in [4.69, 9.17) is 5.73 Å². The van der Waals surface area contributed by atoms with E-state index < -0.39 is 17.7 Å². The monoisotopic (exact) mass is 296 g/mol. The van der Waals surface area contributed by atoms with E-state index in [1.165, 1.54) is 44.6 Å². The van der Waals surface area contributed by atoms with Crippen molar-refractivity contribution in [1.29, 1.82) is 0 Å². The van der Waals surface area contributed by atoms with E-state index in [0.717, 1.165) is 12.6 Å². The summed E-state index contributed by atoms with van der Waals surface area (Å²) < 4.78 is 26.9. The molecule has 21 heavy (non-hydrogen) atoms. The predicted octanol–water partition coefficient (Wildman–Crippen LogP) is 4.01. The molecule has 118 valence electrons. The fraction of sp³-hybridized carbons (Fsp3) is 0.647. The summed E-state index contributed by atoms with van der Waals surface area (Å²) in [6, 6.07) is 4.38. The lowest BCUT2D eigenvalue weighted by molar-refractivity contribution is 0.213. The third kappa shape index (κ3) is 4.48. The van der Waals surface area contributed by atoms with Gasteiger partial charge in [0.05, 0.1) is 0 Å². The highest BCUT2D eigenvalue weighted by Gasteiger charge is 2.19. The molecule has 1 aromatic rings. The second-order valence-corrected chi connectivity index (χ2v) is 6.16. The summed E-state index contributed by atoms with van der Waals surface area (Å²) in [4.78, 5) is 2.34. The standard InChI is InChI=1S/C17H26F2N2/c1-21(13-7-4-2-3-5-8-13)12-11-16(20)14-9-6-10-15(18)17(14)19/h6,9-10,13,16H,2-5,7-8,11-12,20H2,1H3. The van der Waals surface area contributed by atoms with E-state index in [1.807, 2.05) is 0 Å². The molecule has 0 radical (unpaired) electrons. The summed E-state index contributed by atoms with van der Waals surface area (Å²) in [5.41, 5.74) is 6.32. The minimum absolute atomic E-state index is 0.282. The number of nitrogens with two attached hydrogens (primary N) is 1. The van der Waals surface area contributed by atoms with Crippen LogP contribution in [0.25, 0.3) is 0 Å². The number of nitrogens with zero attached hydrogens (tertiary/aromatic N) is 1. The van der Waals surface area contributed by atoms with Crippen molar-refractivity contribution in [1.82, 2.24) is 4.90 Å². The van der Waals surface area contributed by atoms with Crippen LogP contribution in [0, 0.1) is 11.6 Å². The first-order valence-electron chi connectivity index (χ1n) is 7.99. The molecule has 0 bridgehead atoms. The Bertz CT molecular complexity index is 442. The molecule has 0 heterocycles. The van der Waals surface area contributed by atoms with Gasteiger partial charge >= 0.3 is 0 Å². The second-order valence-electron chi connectivity index (χ2n) is 6.16. The van der Waals surface area contributed by atoms with Gasteiger partial charge in [0.25, 0.3) is 0 Å². The minimum atomic E-state index is -0.819. The quantitative estimate of drug-likeness (QED) is 0.832. The fourth-order valence-corrected chi connectivity index (χ4v) is 3.19. The van der Waals surface area contributed by atoms with Crippen LogP contribution in [0.2, 0.25) is 0 Å². The van der Waals surface area contributed by atoms with Gasteiger partial charge in [0.1, 0.15) is 0 Å². The van der Waals surface area contributed by atoms with Crippen molar-refractivity contribution >= 4 is 0 Å². The van der Waals surface area contributed by atoms with Crippen molar-refractivity contribution in [2.24, 2.45) is 5.73 Å². The molecule has 0 aromatic heterocycles. The first-order chi connectivity index (χ1) is 10.1. The van der Waals surface area contributed by atoms with Gasteiger partial charge in [-0.25, -0.2) is 8.78 Å². The van der Waals surface area contributed by atoms with Gasteiger partial charge in [-0.15, -0.1) is 0 Å². The van der Waals surface area contributed by atoms with E-state index in [9.17, 15) is 8.78 Å². The van der Waals surface area contributed by atoms with Crippen LogP contribution >= 0.6 is 0 Å². The van der Waals surface area contributed by atoms with Crippen LogP contribution in [0.1, 0.15) is 56.6 Å². The molecule has 0 aliphatic heterocycles. The molecule has 2 nitrogen and oxygen atoms in total. The van der Waals surface area contributed by atoms with Crippen LogP contribution in [-0.2, 0) is 0 Å². The zero-order valence-electron chi connectivity index (χ0n) is 12.8. The van der Waals surface area contributed by atoms with Crippen molar-refractivity contribution in [2.45, 2.75) is 57.0 Å². The number of benzene rings is 1. The smallest absolute Gasteiger partial charge is 0.163 e. The van der Waals surface area contributed by atoms with Crippen LogP contribution in [-0.4, -0.2) is 24.5 Å². The average molecular weight is 296 g/mol. The average Bonchev–Trinajstić information content (AvgIpc) is 2.76. The number of hydrogen-bond acceptors (Lipinski definition) is 2. The van der Waals surface area contributed by atoms with Gasteiger partial charge < -0.3 is 10.6 Å². The Morgan fingerprint density at radius 1 is 1.19 bits per heavy atom. The number of halogens is 2. The topological polar surface area (TPSA) is 29.3 Å². The lowest BCUT2D eigenvalue weighted by Crippen LogP contribution is -2.33. The Morgan fingerprint density at radius 2 is 1.86 bits per heavy atom. The maximum Gasteiger partial charge on any atom is 0.163 e. The van der Waals surface area contributed by atoms with Gasteiger partial charge in [-0.3, -0.25) is 0 Å². The molecule has 1 aliphatic rings. The first kappa shape index (κ1) is 16.4. The Hall–Kier alpha value is -1.00. The van der Waals surface area contributed by atoms with E-state index >= 15 is 0 Å². The molecule has 1 aliphatic carbocycles. The van der Waals surface area contributed by atoms with Crippen LogP contribution in [0.4, 0.5) is 8.78 Å². The first-order valence-corrected chi connectivity index (χ1v) is 7.99. The van der Waals surface area contributed by atoms with Crippen molar-refractivity contribution in [3.63, 3.8) is 0 Å². The third-order valence-electron chi connectivity index (χ3n) is 4.62. The van der Waals surface area contributed by atoms with E-state index in [-0.39, 0.29) is 5.56 Å². The molecule has 1 atom stereocenters. The highest BCUT2D eigenvalue weighted by molar-refractivity contribution is 5.22. The molecule has 4 heteroatoms. The van der Waals surface area contributed by atoms with Crippen LogP contribution in [0.15, 0.2) is 18.2 Å². The molecule has 1 unspecified atom stereocenters. The Labute approximate surface area is 126 Å². The lowest BCUT2D eigenvalue weighted by Gasteiger charge is -2.28. The van der Waals surface area contributed by atoms with Crippen LogP contribution < -0.4 is 5.73 Å². The lowest BCUT2D eigenvalue weighted by atomic mass is 10.0. The normalized spacial score (nSPS) is 18.7. The van der Waals surface area contributed by atoms with Gasteiger partial charge in [0.15, 0.2) is 11.6 Å². The van der Waals surface area contributed by atoms with Gasteiger partial charge in [-0.2, -0.15) is 0 Å². The molecular weight excluding hydrogens is 270 g/mol. The van der Waals surface area contributed by atoms with Crippen molar-refractivity contribution in [3.8, 4) is 0 Å². The van der Waals surface area contributed by atoms with Crippen molar-refractivity contribution in [2.75, 3.05) is 13.6 Å². The summed E-state index contributed by atoms with van der Waals surface area (Å²) in [6.07, 6.45) is 8.36. The van der Waals surface area contributed by atoms with Gasteiger partial charge in [-0.1, -0.05) is 37.8 Å². The fourth-order valence-electron chi connectivity index (χ4n) is 3.19. The molecule has 2 rings (SSSR count). The highest BCUT2D eigenvalue weighted by atomic mass is 19.2. The molecule has 0 spiro atoms. The van der Waals surface area contributed by atoms with Gasteiger partial charge in [-0.05, 0) is 38.9 Å². The molecule has 1 saturated carbocycles. The maximum atomic E-state index is 13.7. The van der Waals surface area contributed by atoms with E-state index in [2.05, 4.69) is 11.9 Å². The number of hydrogen-bond donors (Lipinski definition) is 1. The summed E-state index contributed by atoms with van der Waals surface area (Å²) in [5, 5.41) is 0. The number of rotatable bonds is 5. The third-order valence-corrected chi connectivity index (χ3v) is 4.62. The SMILES string of the molecule is CN(CCC(N)c1cccc(F)c1F)C1CCCCCC1. The van der Waals surface area contributed by atoms with Crippen LogP contribution in [0.5, 0.6) is 0 Å². The minimum Gasteiger partial charge on any atom is -0.324 e. The largest absolute Gasteiger partial charge is 0.324 e. The molecular formula is C17H26F2N2. The molecule has 1 aromatic carbocycles. The highest BCUT2D eigenvalue weighted by Crippen LogP contribution is 2.23. The van der Waals surface area contributed by atoms with Crippen LogP contribution in [0.3, 0.4) is 0 Å². The van der Waals surface area contributed by atoms with Gasteiger partial charge in [0.2, 0.25) is 0 Å².